The fourth-order valence-electron chi connectivity index (χ4n) is 4.43. The maximum atomic E-state index is 11.2. The number of benzene rings is 2. The van der Waals surface area contributed by atoms with Gasteiger partial charge in [-0.3, -0.25) is 4.79 Å². The normalized spacial score (nSPS) is 12.1. The highest BCUT2D eigenvalue weighted by Gasteiger charge is 2.17. The number of amides is 1. The molecule has 0 spiro atoms. The maximum Gasteiger partial charge on any atom is 0.258 e. The molecule has 3 N–H and O–H groups in total. The number of aliphatic hydroxyl groups excluding tert-OH is 2. The average Bonchev–Trinajstić information content (AvgIpc) is 3.44. The summed E-state index contributed by atoms with van der Waals surface area (Å²) in [6.07, 6.45) is 3.08. The molecule has 1 aromatic heterocycles. The second-order valence-electron chi connectivity index (χ2n) is 9.97. The predicted molar refractivity (Wildman–Crippen MR) is 152 cm³/mol. The Morgan fingerprint density at radius 1 is 1.10 bits per heavy atom. The van der Waals surface area contributed by atoms with Crippen LogP contribution in [0.3, 0.4) is 0 Å². The molecule has 9 nitrogen and oxygen atoms in total. The van der Waals surface area contributed by atoms with Crippen LogP contribution in [-0.4, -0.2) is 70.6 Å². The van der Waals surface area contributed by atoms with Gasteiger partial charge in [-0.05, 0) is 86.3 Å². The number of aryl methyl sites for hydroxylation is 3. The number of nitrogens with one attached hydrogen (secondary N) is 1. The molecule has 0 aliphatic heterocycles. The zero-order valence-electron chi connectivity index (χ0n) is 23.8. The van der Waals surface area contributed by atoms with Crippen molar-refractivity contribution in [3.63, 3.8) is 0 Å². The van der Waals surface area contributed by atoms with Crippen LogP contribution in [0.2, 0.25) is 0 Å². The van der Waals surface area contributed by atoms with E-state index in [0.29, 0.717) is 23.9 Å². The first-order valence-electron chi connectivity index (χ1n) is 13.8. The van der Waals surface area contributed by atoms with Gasteiger partial charge in [0.1, 0.15) is 25.1 Å². The molecule has 39 heavy (non-hydrogen) atoms. The fraction of sp³-hybridized carbons (Fsp3) is 0.500. The van der Waals surface area contributed by atoms with Crippen LogP contribution in [0.25, 0.3) is 22.8 Å². The number of carbonyl (C=O) groups is 1. The number of unbranched alkanes of at least 4 members (excludes halogenated alkanes) is 1. The summed E-state index contributed by atoms with van der Waals surface area (Å²) in [6.45, 7) is 9.63. The van der Waals surface area contributed by atoms with E-state index < -0.39 is 18.6 Å². The highest BCUT2D eigenvalue weighted by molar-refractivity contribution is 5.76. The van der Waals surface area contributed by atoms with Crippen molar-refractivity contribution < 1.29 is 24.3 Å². The van der Waals surface area contributed by atoms with Gasteiger partial charge in [0.05, 0.1) is 0 Å². The molecule has 0 radical (unpaired) electrons. The summed E-state index contributed by atoms with van der Waals surface area (Å²) in [5.41, 5.74) is 6.04. The Balaban J connectivity index is 1.79. The lowest BCUT2D eigenvalue weighted by Gasteiger charge is -2.17. The second kappa shape index (κ2) is 14.8. The molecule has 0 saturated carbocycles. The molecule has 9 heteroatoms. The Labute approximate surface area is 231 Å². The highest BCUT2D eigenvalue weighted by Crippen LogP contribution is 2.31. The SMILES string of the molecule is CCCCN(C)Cc1cc(CC)cc(-c2nc(-c3cc(C)c(OC[C@@H](O)CNC(=O)CO)c(CC)c3)no2)c1. The number of carbonyl (C=O) groups excluding carboxylic acids is 1. The van der Waals surface area contributed by atoms with Gasteiger partial charge in [-0.15, -0.1) is 0 Å². The minimum Gasteiger partial charge on any atom is -0.490 e. The third-order valence-electron chi connectivity index (χ3n) is 6.57. The van der Waals surface area contributed by atoms with Gasteiger partial charge in [-0.25, -0.2) is 0 Å². The number of ether oxygens (including phenoxy) is 1. The van der Waals surface area contributed by atoms with Gasteiger partial charge in [0, 0.05) is 24.2 Å². The summed E-state index contributed by atoms with van der Waals surface area (Å²) in [6, 6.07) is 10.4. The van der Waals surface area contributed by atoms with Crippen molar-refractivity contribution in [1.82, 2.24) is 20.4 Å². The fourth-order valence-corrected chi connectivity index (χ4v) is 4.43. The van der Waals surface area contributed by atoms with Crippen LogP contribution in [0.15, 0.2) is 34.9 Å². The summed E-state index contributed by atoms with van der Waals surface area (Å²) < 4.78 is 11.6. The number of nitrogens with zero attached hydrogens (tertiary/aromatic N) is 3. The molecular weight excluding hydrogens is 496 g/mol. The van der Waals surface area contributed by atoms with Crippen LogP contribution >= 0.6 is 0 Å². The van der Waals surface area contributed by atoms with Gasteiger partial charge in [-0.1, -0.05) is 38.4 Å². The summed E-state index contributed by atoms with van der Waals surface area (Å²) in [5, 5.41) is 25.7. The average molecular weight is 539 g/mol. The Kier molecular flexibility index (Phi) is 11.5. The van der Waals surface area contributed by atoms with Crippen molar-refractivity contribution in [2.24, 2.45) is 0 Å². The van der Waals surface area contributed by atoms with E-state index in [4.69, 9.17) is 19.4 Å². The molecule has 0 unspecified atom stereocenters. The lowest BCUT2D eigenvalue weighted by Crippen LogP contribution is -2.36. The molecule has 2 aromatic carbocycles. The summed E-state index contributed by atoms with van der Waals surface area (Å²) in [5.74, 6) is 1.14. The Morgan fingerprint density at radius 3 is 2.56 bits per heavy atom. The second-order valence-corrected chi connectivity index (χ2v) is 9.97. The van der Waals surface area contributed by atoms with Crippen LogP contribution in [0.4, 0.5) is 0 Å². The summed E-state index contributed by atoms with van der Waals surface area (Å²) >= 11 is 0. The van der Waals surface area contributed by atoms with E-state index in [1.54, 1.807) is 0 Å². The number of aromatic nitrogens is 2. The smallest absolute Gasteiger partial charge is 0.258 e. The third-order valence-corrected chi connectivity index (χ3v) is 6.57. The van der Waals surface area contributed by atoms with Gasteiger partial charge >= 0.3 is 0 Å². The molecule has 1 heterocycles. The van der Waals surface area contributed by atoms with Crippen LogP contribution < -0.4 is 10.1 Å². The van der Waals surface area contributed by atoms with Crippen molar-refractivity contribution >= 4 is 5.91 Å². The van der Waals surface area contributed by atoms with Crippen molar-refractivity contribution in [2.75, 3.05) is 33.4 Å². The molecule has 3 aromatic rings. The standard InChI is InChI=1S/C30H42N4O5/c1-6-9-10-34(5)17-22-12-21(7-2)13-25(14-22)30-32-29(33-39-30)24-11-20(4)28(23(8-3)15-24)38-19-26(36)16-31-27(37)18-35/h11-15,26,35-36H,6-10,16-19H2,1-5H3,(H,31,37)/t26-/m0/s1. The van der Waals surface area contributed by atoms with E-state index in [1.807, 2.05) is 26.0 Å². The number of hydrogen-bond acceptors (Lipinski definition) is 8. The van der Waals surface area contributed by atoms with Crippen LogP contribution in [0.1, 0.15) is 55.9 Å². The number of hydrogen-bond donors (Lipinski definition) is 3. The van der Waals surface area contributed by atoms with Gasteiger partial charge in [-0.2, -0.15) is 4.98 Å². The van der Waals surface area contributed by atoms with E-state index in [0.717, 1.165) is 41.8 Å². The summed E-state index contributed by atoms with van der Waals surface area (Å²) in [4.78, 5) is 18.3. The molecule has 212 valence electrons. The van der Waals surface area contributed by atoms with Gasteiger partial charge in [0.15, 0.2) is 0 Å². The zero-order valence-corrected chi connectivity index (χ0v) is 23.8. The molecule has 1 amide bonds. The maximum absolute atomic E-state index is 11.2. The van der Waals surface area contributed by atoms with Gasteiger partial charge in [0.2, 0.25) is 11.7 Å². The molecule has 0 saturated heterocycles. The predicted octanol–water partition coefficient (Wildman–Crippen LogP) is 3.92. The lowest BCUT2D eigenvalue weighted by molar-refractivity contribution is -0.124. The lowest BCUT2D eigenvalue weighted by atomic mass is 10.0. The van der Waals surface area contributed by atoms with Crippen molar-refractivity contribution in [1.29, 1.82) is 0 Å². The molecule has 0 aliphatic rings. The summed E-state index contributed by atoms with van der Waals surface area (Å²) in [7, 11) is 2.15. The Bertz CT molecular complexity index is 1230. The molecular formula is C30H42N4O5. The van der Waals surface area contributed by atoms with Crippen molar-refractivity contribution in [3.8, 4) is 28.6 Å². The number of aliphatic hydroxyl groups is 2. The van der Waals surface area contributed by atoms with Crippen LogP contribution in [0, 0.1) is 6.92 Å². The topological polar surface area (TPSA) is 121 Å². The van der Waals surface area contributed by atoms with E-state index in [9.17, 15) is 9.90 Å². The zero-order chi connectivity index (χ0) is 28.4. The number of rotatable bonds is 15. The molecule has 1 atom stereocenters. The van der Waals surface area contributed by atoms with Crippen LogP contribution in [-0.2, 0) is 24.2 Å². The van der Waals surface area contributed by atoms with Crippen molar-refractivity contribution in [2.45, 2.75) is 66.0 Å². The van der Waals surface area contributed by atoms with Crippen LogP contribution in [0.5, 0.6) is 5.75 Å². The first-order chi connectivity index (χ1) is 18.8. The quantitative estimate of drug-likeness (QED) is 0.266. The molecule has 0 fully saturated rings. The monoisotopic (exact) mass is 538 g/mol. The largest absolute Gasteiger partial charge is 0.490 e. The minimum atomic E-state index is -0.903. The first kappa shape index (κ1) is 30.3. The first-order valence-corrected chi connectivity index (χ1v) is 13.8. The Hall–Kier alpha value is -3.27. The van der Waals surface area contributed by atoms with Gasteiger partial charge < -0.3 is 29.7 Å². The molecule has 0 bridgehead atoms. The highest BCUT2D eigenvalue weighted by atomic mass is 16.5. The van der Waals surface area contributed by atoms with Crippen molar-refractivity contribution in [3.05, 3.63) is 52.6 Å². The minimum absolute atomic E-state index is 0.000404. The van der Waals surface area contributed by atoms with E-state index >= 15 is 0 Å². The third kappa shape index (κ3) is 8.61. The van der Waals surface area contributed by atoms with E-state index in [1.165, 1.54) is 24.0 Å². The Morgan fingerprint density at radius 2 is 1.87 bits per heavy atom. The van der Waals surface area contributed by atoms with E-state index in [2.05, 4.69) is 54.5 Å². The molecule has 3 rings (SSSR count). The van der Waals surface area contributed by atoms with Gasteiger partial charge in [0.25, 0.3) is 5.89 Å². The molecule has 0 aliphatic carbocycles. The van der Waals surface area contributed by atoms with E-state index in [-0.39, 0.29) is 13.2 Å².